The van der Waals surface area contributed by atoms with Gasteiger partial charge in [0.2, 0.25) is 0 Å². The minimum absolute atomic E-state index is 1.18. The monoisotopic (exact) mass is 83.1 g/mol. The van der Waals surface area contributed by atoms with Crippen molar-refractivity contribution in [3.8, 4) is 0 Å². The fourth-order valence-electron chi connectivity index (χ4n) is 0. The van der Waals surface area contributed by atoms with Crippen molar-refractivity contribution >= 4 is 0 Å². The van der Waals surface area contributed by atoms with Gasteiger partial charge < -0.3 is 0 Å². The first-order valence-corrected chi connectivity index (χ1v) is 2.10. The largest absolute Gasteiger partial charge is 0.0984 e. The molecule has 0 atom stereocenters. The molecule has 0 N–H and O–H groups in total. The predicted molar refractivity (Wildman–Crippen MR) is 29.4 cm³/mol. The number of rotatable bonds is 1. The summed E-state index contributed by atoms with van der Waals surface area (Å²) in [5.41, 5.74) is 1.18. The number of hydrogen-bond acceptors (Lipinski definition) is 0. The molecule has 0 aromatic rings. The zero-order chi connectivity index (χ0) is 5.15. The van der Waals surface area contributed by atoms with Gasteiger partial charge in [0.15, 0.2) is 0 Å². The van der Waals surface area contributed by atoms with Crippen LogP contribution in [-0.4, -0.2) is 0 Å². The Balaban J connectivity index is 3.26. The summed E-state index contributed by atoms with van der Waals surface area (Å²) in [6.45, 7) is 9.84. The van der Waals surface area contributed by atoms with Gasteiger partial charge in [-0.2, -0.15) is 0 Å². The van der Waals surface area contributed by atoms with Crippen LogP contribution in [0.4, 0.5) is 0 Å². The first-order valence-electron chi connectivity index (χ1n) is 2.10. The van der Waals surface area contributed by atoms with E-state index in [9.17, 15) is 0 Å². The summed E-state index contributed by atoms with van der Waals surface area (Å²) < 4.78 is 0. The Kier molecular flexibility index (Phi) is 1.78. The van der Waals surface area contributed by atoms with Crippen LogP contribution in [0.1, 0.15) is 20.8 Å². The Morgan fingerprint density at radius 1 is 1.50 bits per heavy atom. The van der Waals surface area contributed by atoms with Gasteiger partial charge in [-0.15, -0.1) is 0 Å². The molecule has 0 rings (SSSR count). The van der Waals surface area contributed by atoms with Crippen molar-refractivity contribution in [2.24, 2.45) is 0 Å². The third-order valence-electron chi connectivity index (χ3n) is 0.854. The normalized spacial score (nSPS) is 7.83. The minimum Gasteiger partial charge on any atom is -0.00175 e. The van der Waals surface area contributed by atoms with Crippen molar-refractivity contribution < 1.29 is 0 Å². The average Bonchev–Trinajstić information content (AvgIpc) is 1.36. The van der Waals surface area contributed by atoms with E-state index < -0.39 is 0 Å². The Morgan fingerprint density at radius 3 is 1.67 bits per heavy atom. The highest BCUT2D eigenvalue weighted by Crippen LogP contribution is 2.05. The maximum atomic E-state index is 3.72. The van der Waals surface area contributed by atoms with Gasteiger partial charge in [0.25, 0.3) is 0 Å². The van der Waals surface area contributed by atoms with E-state index in [0.717, 1.165) is 0 Å². The van der Waals surface area contributed by atoms with Crippen LogP contribution < -0.4 is 0 Å². The van der Waals surface area contributed by atoms with Crippen LogP contribution in [-0.2, 0) is 0 Å². The molecule has 0 aliphatic rings. The summed E-state index contributed by atoms with van der Waals surface area (Å²) in [5.74, 6) is 1.31. The van der Waals surface area contributed by atoms with E-state index >= 15 is 0 Å². The second-order valence-corrected chi connectivity index (χ2v) is 1.78. The molecule has 0 aliphatic carbocycles. The average molecular weight is 83.2 g/mol. The van der Waals surface area contributed by atoms with Crippen molar-refractivity contribution in [1.82, 2.24) is 0 Å². The molecule has 0 bridgehead atoms. The summed E-state index contributed by atoms with van der Waals surface area (Å²) in [6, 6.07) is 0. The van der Waals surface area contributed by atoms with E-state index in [1.165, 1.54) is 11.5 Å². The number of hydrogen-bond donors (Lipinski definition) is 0. The molecule has 6 heavy (non-hydrogen) atoms. The molecule has 0 spiro atoms. The van der Waals surface area contributed by atoms with Crippen LogP contribution in [0, 0.1) is 5.92 Å². The minimum atomic E-state index is 1.18. The Bertz CT molecular complexity index is 51.1. The van der Waals surface area contributed by atoms with E-state index in [0.29, 0.717) is 0 Å². The van der Waals surface area contributed by atoms with Gasteiger partial charge in [-0.3, -0.25) is 0 Å². The first kappa shape index (κ1) is 5.61. The molecule has 0 aromatic carbocycles. The van der Waals surface area contributed by atoms with Gasteiger partial charge in [0, 0.05) is 20.4 Å². The molecule has 0 unspecified atom stereocenters. The molecule has 0 saturated heterocycles. The highest BCUT2D eigenvalue weighted by atomic mass is 13.9. The topological polar surface area (TPSA) is 0 Å². The zero-order valence-electron chi connectivity index (χ0n) is 4.71. The summed E-state index contributed by atoms with van der Waals surface area (Å²) in [5, 5.41) is 0. The quantitative estimate of drug-likeness (QED) is 0.426. The lowest BCUT2D eigenvalue weighted by Crippen LogP contribution is -1.80. The second-order valence-electron chi connectivity index (χ2n) is 1.78. The van der Waals surface area contributed by atoms with Crippen molar-refractivity contribution in [3.63, 3.8) is 0 Å². The van der Waals surface area contributed by atoms with Crippen molar-refractivity contribution in [2.75, 3.05) is 0 Å². The van der Waals surface area contributed by atoms with Crippen LogP contribution in [0.25, 0.3) is 0 Å². The molecule has 0 saturated carbocycles. The van der Waals surface area contributed by atoms with E-state index in [-0.39, 0.29) is 0 Å². The smallest absolute Gasteiger partial charge is 0.00175 e. The SMILES string of the molecule is C=C(C)[C+](C)C. The van der Waals surface area contributed by atoms with Crippen LogP contribution >= 0.6 is 0 Å². The maximum Gasteiger partial charge on any atom is 0.0984 e. The lowest BCUT2D eigenvalue weighted by Gasteiger charge is -1.87. The fraction of sp³-hybridized carbons (Fsp3) is 0.500. The van der Waals surface area contributed by atoms with Crippen LogP contribution in [0.2, 0.25) is 0 Å². The Morgan fingerprint density at radius 2 is 1.67 bits per heavy atom. The molecule has 0 radical (unpaired) electrons. The van der Waals surface area contributed by atoms with Crippen LogP contribution in [0.15, 0.2) is 12.2 Å². The Hall–Kier alpha value is -0.390. The molecule has 0 nitrogen and oxygen atoms in total. The van der Waals surface area contributed by atoms with Gasteiger partial charge in [0.1, 0.15) is 0 Å². The van der Waals surface area contributed by atoms with Crippen LogP contribution in [0.5, 0.6) is 0 Å². The first-order chi connectivity index (χ1) is 2.64. The molecule has 0 heteroatoms. The van der Waals surface area contributed by atoms with Gasteiger partial charge in [-0.1, -0.05) is 0 Å². The molecule has 0 heterocycles. The standard InChI is InChI=1S/C6H11/c1-5(2)6(3)4/h1H2,2-4H3/q+1. The lowest BCUT2D eigenvalue weighted by molar-refractivity contribution is 1.12. The summed E-state index contributed by atoms with van der Waals surface area (Å²) >= 11 is 0. The third kappa shape index (κ3) is 1.89. The fourth-order valence-corrected chi connectivity index (χ4v) is 0. The van der Waals surface area contributed by atoms with Gasteiger partial charge in [-0.25, -0.2) is 0 Å². The summed E-state index contributed by atoms with van der Waals surface area (Å²) in [6.07, 6.45) is 0. The molecule has 0 amide bonds. The predicted octanol–water partition coefficient (Wildman–Crippen LogP) is 2.18. The van der Waals surface area contributed by atoms with Crippen molar-refractivity contribution in [3.05, 3.63) is 18.1 Å². The summed E-state index contributed by atoms with van der Waals surface area (Å²) in [4.78, 5) is 0. The van der Waals surface area contributed by atoms with E-state index in [4.69, 9.17) is 0 Å². The molecular formula is C6H11+. The molecule has 0 aliphatic heterocycles. The zero-order valence-corrected chi connectivity index (χ0v) is 4.71. The lowest BCUT2D eigenvalue weighted by atomic mass is 10.1. The van der Waals surface area contributed by atoms with E-state index in [2.05, 4.69) is 20.4 Å². The molecule has 34 valence electrons. The van der Waals surface area contributed by atoms with Gasteiger partial charge >= 0.3 is 0 Å². The van der Waals surface area contributed by atoms with Gasteiger partial charge in [0.05, 0.1) is 11.5 Å². The third-order valence-corrected chi connectivity index (χ3v) is 0.854. The van der Waals surface area contributed by atoms with E-state index in [1.807, 2.05) is 6.92 Å². The molecule has 0 fully saturated rings. The Labute approximate surface area is 39.9 Å². The highest BCUT2D eigenvalue weighted by Gasteiger charge is 1.98. The van der Waals surface area contributed by atoms with Gasteiger partial charge in [-0.05, 0) is 6.92 Å². The van der Waals surface area contributed by atoms with Crippen LogP contribution in [0.3, 0.4) is 0 Å². The second kappa shape index (κ2) is 1.91. The van der Waals surface area contributed by atoms with E-state index in [1.54, 1.807) is 0 Å². The van der Waals surface area contributed by atoms with Crippen molar-refractivity contribution in [2.45, 2.75) is 20.8 Å². The van der Waals surface area contributed by atoms with Crippen molar-refractivity contribution in [1.29, 1.82) is 0 Å². The summed E-state index contributed by atoms with van der Waals surface area (Å²) in [7, 11) is 0. The molecule has 0 aromatic heterocycles. The number of allylic oxidation sites excluding steroid dienone is 1. The highest BCUT2D eigenvalue weighted by molar-refractivity contribution is 5.12. The molecular weight excluding hydrogens is 72.1 g/mol. The maximum absolute atomic E-state index is 3.72.